The highest BCUT2D eigenvalue weighted by atomic mass is 16.5. The SMILES string of the molecule is C#CCNC(=O)c1ccccc1NC(=O)C1CC(=O)N(c2cccc(OC)c2)C1. The number of para-hydroxylation sites is 1. The Morgan fingerprint density at radius 1 is 1.24 bits per heavy atom. The van der Waals surface area contributed by atoms with Gasteiger partial charge in [0.2, 0.25) is 11.8 Å². The molecular weight excluding hydrogens is 370 g/mol. The first kappa shape index (κ1) is 20.0. The number of nitrogens with zero attached hydrogens (tertiary/aromatic N) is 1. The number of hydrogen-bond acceptors (Lipinski definition) is 4. The number of anilines is 2. The van der Waals surface area contributed by atoms with E-state index in [0.29, 0.717) is 22.7 Å². The summed E-state index contributed by atoms with van der Waals surface area (Å²) in [7, 11) is 1.55. The van der Waals surface area contributed by atoms with E-state index in [1.54, 1.807) is 60.5 Å². The molecule has 29 heavy (non-hydrogen) atoms. The average Bonchev–Trinajstić information content (AvgIpc) is 3.14. The molecule has 0 spiro atoms. The van der Waals surface area contributed by atoms with E-state index in [2.05, 4.69) is 16.6 Å². The number of amides is 3. The van der Waals surface area contributed by atoms with Crippen LogP contribution in [0.3, 0.4) is 0 Å². The first-order chi connectivity index (χ1) is 14.0. The Hall–Kier alpha value is -3.79. The van der Waals surface area contributed by atoms with Gasteiger partial charge in [-0.3, -0.25) is 14.4 Å². The number of benzene rings is 2. The third-order valence-corrected chi connectivity index (χ3v) is 4.64. The first-order valence-electron chi connectivity index (χ1n) is 9.09. The molecule has 3 rings (SSSR count). The highest BCUT2D eigenvalue weighted by Gasteiger charge is 2.35. The largest absolute Gasteiger partial charge is 0.497 e. The van der Waals surface area contributed by atoms with E-state index in [0.717, 1.165) is 0 Å². The molecule has 0 bridgehead atoms. The second kappa shape index (κ2) is 8.93. The minimum absolute atomic E-state index is 0.0910. The van der Waals surface area contributed by atoms with Gasteiger partial charge in [-0.25, -0.2) is 0 Å². The summed E-state index contributed by atoms with van der Waals surface area (Å²) >= 11 is 0. The maximum atomic E-state index is 12.8. The second-order valence-corrected chi connectivity index (χ2v) is 6.53. The van der Waals surface area contributed by atoms with Crippen molar-refractivity contribution in [1.82, 2.24) is 5.32 Å². The van der Waals surface area contributed by atoms with Crippen molar-refractivity contribution in [3.05, 3.63) is 54.1 Å². The van der Waals surface area contributed by atoms with Crippen molar-refractivity contribution in [2.24, 2.45) is 5.92 Å². The Morgan fingerprint density at radius 2 is 2.03 bits per heavy atom. The molecule has 2 N–H and O–H groups in total. The van der Waals surface area contributed by atoms with E-state index in [9.17, 15) is 14.4 Å². The molecule has 7 heteroatoms. The van der Waals surface area contributed by atoms with Gasteiger partial charge in [-0.05, 0) is 24.3 Å². The zero-order valence-corrected chi connectivity index (χ0v) is 16.0. The van der Waals surface area contributed by atoms with Crippen LogP contribution in [-0.2, 0) is 9.59 Å². The quantitative estimate of drug-likeness (QED) is 0.738. The highest BCUT2D eigenvalue weighted by molar-refractivity contribution is 6.07. The van der Waals surface area contributed by atoms with Crippen molar-refractivity contribution >= 4 is 29.1 Å². The fourth-order valence-electron chi connectivity index (χ4n) is 3.16. The van der Waals surface area contributed by atoms with Crippen molar-refractivity contribution in [1.29, 1.82) is 0 Å². The number of nitrogens with one attached hydrogen (secondary N) is 2. The molecule has 1 unspecified atom stereocenters. The van der Waals surface area contributed by atoms with Crippen LogP contribution < -0.4 is 20.3 Å². The van der Waals surface area contributed by atoms with E-state index in [4.69, 9.17) is 11.2 Å². The Bertz CT molecular complexity index is 980. The van der Waals surface area contributed by atoms with Crippen LogP contribution in [-0.4, -0.2) is 37.9 Å². The summed E-state index contributed by atoms with van der Waals surface area (Å²) in [4.78, 5) is 39.0. The minimum Gasteiger partial charge on any atom is -0.497 e. The predicted octanol–water partition coefficient (Wildman–Crippen LogP) is 2.05. The summed E-state index contributed by atoms with van der Waals surface area (Å²) in [5, 5.41) is 5.35. The fourth-order valence-corrected chi connectivity index (χ4v) is 3.16. The third-order valence-electron chi connectivity index (χ3n) is 4.64. The Balaban J connectivity index is 1.72. The normalized spacial score (nSPS) is 15.5. The molecule has 2 aromatic rings. The van der Waals surface area contributed by atoms with E-state index in [-0.39, 0.29) is 37.2 Å². The molecule has 1 fully saturated rings. The molecule has 0 radical (unpaired) electrons. The van der Waals surface area contributed by atoms with E-state index in [1.807, 2.05) is 0 Å². The van der Waals surface area contributed by atoms with Crippen LogP contribution in [0.15, 0.2) is 48.5 Å². The molecule has 0 aromatic heterocycles. The van der Waals surface area contributed by atoms with Crippen molar-refractivity contribution in [3.8, 4) is 18.1 Å². The minimum atomic E-state index is -0.532. The smallest absolute Gasteiger partial charge is 0.254 e. The van der Waals surface area contributed by atoms with Crippen LogP contribution in [0.25, 0.3) is 0 Å². The number of methoxy groups -OCH3 is 1. The van der Waals surface area contributed by atoms with Crippen molar-refractivity contribution in [2.45, 2.75) is 6.42 Å². The van der Waals surface area contributed by atoms with Gasteiger partial charge < -0.3 is 20.3 Å². The number of rotatable bonds is 6. The van der Waals surface area contributed by atoms with Gasteiger partial charge in [-0.1, -0.05) is 24.1 Å². The maximum Gasteiger partial charge on any atom is 0.254 e. The third kappa shape index (κ3) is 4.55. The van der Waals surface area contributed by atoms with Gasteiger partial charge >= 0.3 is 0 Å². The molecular formula is C22H21N3O4. The topological polar surface area (TPSA) is 87.7 Å². The number of terminal acetylenes is 1. The van der Waals surface area contributed by atoms with Gasteiger partial charge in [0.05, 0.1) is 30.8 Å². The fraction of sp³-hybridized carbons (Fsp3) is 0.227. The first-order valence-corrected chi connectivity index (χ1v) is 9.09. The number of carbonyl (C=O) groups excluding carboxylic acids is 3. The summed E-state index contributed by atoms with van der Waals surface area (Å²) in [6, 6.07) is 13.8. The van der Waals surface area contributed by atoms with Crippen LogP contribution >= 0.6 is 0 Å². The molecule has 1 aliphatic heterocycles. The molecule has 1 aliphatic rings. The molecule has 1 saturated heterocycles. The lowest BCUT2D eigenvalue weighted by molar-refractivity contribution is -0.122. The highest BCUT2D eigenvalue weighted by Crippen LogP contribution is 2.29. The van der Waals surface area contributed by atoms with Crippen LogP contribution in [0.2, 0.25) is 0 Å². The number of ether oxygens (including phenoxy) is 1. The molecule has 148 valence electrons. The van der Waals surface area contributed by atoms with Gasteiger partial charge in [0.15, 0.2) is 0 Å². The zero-order chi connectivity index (χ0) is 20.8. The van der Waals surface area contributed by atoms with Crippen LogP contribution in [0.4, 0.5) is 11.4 Å². The molecule has 3 amide bonds. The van der Waals surface area contributed by atoms with Crippen molar-refractivity contribution in [3.63, 3.8) is 0 Å². The predicted molar refractivity (Wildman–Crippen MR) is 110 cm³/mol. The van der Waals surface area contributed by atoms with E-state index < -0.39 is 5.92 Å². The summed E-state index contributed by atoms with van der Waals surface area (Å²) < 4.78 is 5.20. The van der Waals surface area contributed by atoms with Gasteiger partial charge in [0.25, 0.3) is 5.91 Å². The zero-order valence-electron chi connectivity index (χ0n) is 16.0. The summed E-state index contributed by atoms with van der Waals surface area (Å²) in [6.45, 7) is 0.344. The van der Waals surface area contributed by atoms with Gasteiger partial charge in [0.1, 0.15) is 5.75 Å². The lowest BCUT2D eigenvalue weighted by atomic mass is 10.1. The lowest BCUT2D eigenvalue weighted by Crippen LogP contribution is -2.29. The monoisotopic (exact) mass is 391 g/mol. The molecule has 7 nitrogen and oxygen atoms in total. The molecule has 0 aliphatic carbocycles. The standard InChI is InChI=1S/C22H21N3O4/c1-3-11-23-22(28)18-9-4-5-10-19(18)24-21(27)15-12-20(26)25(14-15)16-7-6-8-17(13-16)29-2/h1,4-10,13,15H,11-12,14H2,2H3,(H,23,28)(H,24,27). The van der Waals surface area contributed by atoms with Crippen LogP contribution in [0, 0.1) is 18.3 Å². The van der Waals surface area contributed by atoms with Crippen LogP contribution in [0.5, 0.6) is 5.75 Å². The molecule has 2 aromatic carbocycles. The van der Waals surface area contributed by atoms with Gasteiger partial charge in [-0.15, -0.1) is 6.42 Å². The Kier molecular flexibility index (Phi) is 6.15. The maximum absolute atomic E-state index is 12.8. The number of carbonyl (C=O) groups is 3. The summed E-state index contributed by atoms with van der Waals surface area (Å²) in [5.74, 6) is 1.60. The average molecular weight is 391 g/mol. The van der Waals surface area contributed by atoms with Crippen molar-refractivity contribution < 1.29 is 19.1 Å². The van der Waals surface area contributed by atoms with E-state index in [1.165, 1.54) is 0 Å². The van der Waals surface area contributed by atoms with Crippen molar-refractivity contribution in [2.75, 3.05) is 30.4 Å². The summed E-state index contributed by atoms with van der Waals surface area (Å²) in [6.07, 6.45) is 5.26. The number of hydrogen-bond donors (Lipinski definition) is 2. The summed E-state index contributed by atoms with van der Waals surface area (Å²) in [5.41, 5.74) is 1.36. The van der Waals surface area contributed by atoms with Gasteiger partial charge in [0, 0.05) is 24.7 Å². The molecule has 1 atom stereocenters. The van der Waals surface area contributed by atoms with Crippen LogP contribution in [0.1, 0.15) is 16.8 Å². The lowest BCUT2D eigenvalue weighted by Gasteiger charge is -2.18. The Labute approximate surface area is 169 Å². The second-order valence-electron chi connectivity index (χ2n) is 6.53. The Morgan fingerprint density at radius 3 is 2.79 bits per heavy atom. The van der Waals surface area contributed by atoms with E-state index >= 15 is 0 Å². The molecule has 0 saturated carbocycles. The van der Waals surface area contributed by atoms with Gasteiger partial charge in [-0.2, -0.15) is 0 Å². The molecule has 1 heterocycles.